The molecule has 4 nitrogen and oxygen atoms in total. The molecule has 0 aliphatic heterocycles. The lowest BCUT2D eigenvalue weighted by molar-refractivity contribution is 0.273. The lowest BCUT2D eigenvalue weighted by Crippen LogP contribution is -1.96. The van der Waals surface area contributed by atoms with E-state index in [4.69, 9.17) is 19.6 Å². The molecule has 2 aromatic carbocycles. The van der Waals surface area contributed by atoms with Gasteiger partial charge in [0.15, 0.2) is 0 Å². The van der Waals surface area contributed by atoms with Crippen molar-refractivity contribution in [1.82, 2.24) is 0 Å². The Kier molecular flexibility index (Phi) is 3.79. The van der Waals surface area contributed by atoms with E-state index in [1.54, 1.807) is 7.11 Å². The van der Waals surface area contributed by atoms with Gasteiger partial charge in [-0.25, -0.2) is 0 Å². The third-order valence-electron chi connectivity index (χ3n) is 3.35. The molecule has 0 bridgehead atoms. The van der Waals surface area contributed by atoms with Gasteiger partial charge in [-0.05, 0) is 29.8 Å². The summed E-state index contributed by atoms with van der Waals surface area (Å²) in [6, 6.07) is 15.4. The molecule has 3 aromatic rings. The predicted molar refractivity (Wildman–Crippen MR) is 81.4 cm³/mol. The minimum atomic E-state index is 0.367. The van der Waals surface area contributed by atoms with Crippen molar-refractivity contribution in [1.29, 1.82) is 0 Å². The van der Waals surface area contributed by atoms with Crippen LogP contribution in [0.2, 0.25) is 0 Å². The Morgan fingerprint density at radius 1 is 1.05 bits per heavy atom. The molecule has 0 unspecified atom stereocenters. The van der Waals surface area contributed by atoms with Crippen LogP contribution in [0.3, 0.4) is 0 Å². The van der Waals surface area contributed by atoms with Gasteiger partial charge in [0.05, 0.1) is 7.11 Å². The van der Waals surface area contributed by atoms with Crippen molar-refractivity contribution in [2.75, 3.05) is 7.11 Å². The summed E-state index contributed by atoms with van der Waals surface area (Å²) in [7, 11) is 1.63. The lowest BCUT2D eigenvalue weighted by Gasteiger charge is -2.05. The second-order valence-corrected chi connectivity index (χ2v) is 4.71. The maximum absolute atomic E-state index is 5.78. The molecular weight excluding hydrogens is 266 g/mol. The minimum absolute atomic E-state index is 0.367. The Bertz CT molecular complexity index is 749. The van der Waals surface area contributed by atoms with Crippen LogP contribution in [-0.2, 0) is 13.2 Å². The summed E-state index contributed by atoms with van der Waals surface area (Å²) < 4.78 is 16.7. The SMILES string of the molecule is COc1cccc(OCc2cc3c(CN)cccc3o2)c1. The highest BCUT2D eigenvalue weighted by Gasteiger charge is 2.07. The van der Waals surface area contributed by atoms with E-state index in [1.165, 1.54) is 0 Å². The number of nitrogens with two attached hydrogens (primary N) is 1. The third kappa shape index (κ3) is 2.85. The van der Waals surface area contributed by atoms with Crippen LogP contribution in [-0.4, -0.2) is 7.11 Å². The second-order valence-electron chi connectivity index (χ2n) is 4.71. The van der Waals surface area contributed by atoms with E-state index in [0.717, 1.165) is 33.8 Å². The highest BCUT2D eigenvalue weighted by molar-refractivity contribution is 5.81. The first kappa shape index (κ1) is 13.5. The summed E-state index contributed by atoms with van der Waals surface area (Å²) in [6.45, 7) is 0.860. The van der Waals surface area contributed by atoms with Crippen LogP contribution in [0.5, 0.6) is 11.5 Å². The van der Waals surface area contributed by atoms with Crippen LogP contribution in [0.1, 0.15) is 11.3 Å². The van der Waals surface area contributed by atoms with E-state index in [0.29, 0.717) is 13.2 Å². The number of hydrogen-bond acceptors (Lipinski definition) is 4. The van der Waals surface area contributed by atoms with E-state index in [-0.39, 0.29) is 0 Å². The van der Waals surface area contributed by atoms with Gasteiger partial charge in [0, 0.05) is 18.0 Å². The van der Waals surface area contributed by atoms with Crippen LogP contribution in [0.15, 0.2) is 52.9 Å². The Labute approximate surface area is 123 Å². The van der Waals surface area contributed by atoms with Gasteiger partial charge in [0.1, 0.15) is 29.4 Å². The number of ether oxygens (including phenoxy) is 2. The van der Waals surface area contributed by atoms with Crippen molar-refractivity contribution in [3.63, 3.8) is 0 Å². The van der Waals surface area contributed by atoms with E-state index < -0.39 is 0 Å². The molecule has 0 saturated carbocycles. The van der Waals surface area contributed by atoms with Crippen molar-refractivity contribution in [3.8, 4) is 11.5 Å². The molecule has 0 atom stereocenters. The normalized spacial score (nSPS) is 10.8. The first-order valence-electron chi connectivity index (χ1n) is 6.77. The fourth-order valence-corrected chi connectivity index (χ4v) is 2.27. The number of fused-ring (bicyclic) bond motifs is 1. The topological polar surface area (TPSA) is 57.6 Å². The number of hydrogen-bond donors (Lipinski definition) is 1. The average molecular weight is 283 g/mol. The molecule has 1 aromatic heterocycles. The van der Waals surface area contributed by atoms with Gasteiger partial charge in [-0.1, -0.05) is 18.2 Å². The fourth-order valence-electron chi connectivity index (χ4n) is 2.27. The smallest absolute Gasteiger partial charge is 0.146 e. The van der Waals surface area contributed by atoms with E-state index in [1.807, 2.05) is 48.5 Å². The first-order valence-corrected chi connectivity index (χ1v) is 6.77. The van der Waals surface area contributed by atoms with E-state index in [9.17, 15) is 0 Å². The van der Waals surface area contributed by atoms with Crippen molar-refractivity contribution in [2.24, 2.45) is 5.73 Å². The van der Waals surface area contributed by atoms with Crippen LogP contribution in [0, 0.1) is 0 Å². The fraction of sp³-hybridized carbons (Fsp3) is 0.176. The standard InChI is InChI=1S/C17H17NO3/c1-19-13-5-3-6-14(8-13)20-11-15-9-16-12(10-18)4-2-7-17(16)21-15/h2-9H,10-11,18H2,1H3. The zero-order valence-electron chi connectivity index (χ0n) is 11.8. The summed E-state index contributed by atoms with van der Waals surface area (Å²) in [5, 5.41) is 1.05. The quantitative estimate of drug-likeness (QED) is 0.779. The Morgan fingerprint density at radius 2 is 1.86 bits per heavy atom. The molecule has 1 heterocycles. The zero-order chi connectivity index (χ0) is 14.7. The van der Waals surface area contributed by atoms with E-state index in [2.05, 4.69) is 0 Å². The van der Waals surface area contributed by atoms with Crippen molar-refractivity contribution >= 4 is 11.0 Å². The Balaban J connectivity index is 1.78. The monoisotopic (exact) mass is 283 g/mol. The van der Waals surface area contributed by atoms with Gasteiger partial charge in [-0.2, -0.15) is 0 Å². The number of rotatable bonds is 5. The highest BCUT2D eigenvalue weighted by atomic mass is 16.5. The third-order valence-corrected chi connectivity index (χ3v) is 3.35. The molecule has 0 aliphatic rings. The van der Waals surface area contributed by atoms with Crippen LogP contribution >= 0.6 is 0 Å². The van der Waals surface area contributed by atoms with Gasteiger partial charge in [-0.15, -0.1) is 0 Å². The zero-order valence-corrected chi connectivity index (χ0v) is 11.8. The molecule has 4 heteroatoms. The molecule has 0 radical (unpaired) electrons. The summed E-state index contributed by atoms with van der Waals surface area (Å²) in [5.41, 5.74) is 7.64. The first-order chi connectivity index (χ1) is 10.3. The molecule has 108 valence electrons. The van der Waals surface area contributed by atoms with Gasteiger partial charge >= 0.3 is 0 Å². The molecule has 0 spiro atoms. The molecule has 0 amide bonds. The predicted octanol–water partition coefficient (Wildman–Crippen LogP) is 3.48. The number of furan rings is 1. The summed E-state index contributed by atoms with van der Waals surface area (Å²) in [6.07, 6.45) is 0. The molecule has 3 rings (SSSR count). The Morgan fingerprint density at radius 3 is 2.67 bits per heavy atom. The van der Waals surface area contributed by atoms with Gasteiger partial charge < -0.3 is 19.6 Å². The molecule has 0 aliphatic carbocycles. The highest BCUT2D eigenvalue weighted by Crippen LogP contribution is 2.25. The largest absolute Gasteiger partial charge is 0.497 e. The molecular formula is C17H17NO3. The van der Waals surface area contributed by atoms with Gasteiger partial charge in [0.2, 0.25) is 0 Å². The van der Waals surface area contributed by atoms with E-state index >= 15 is 0 Å². The van der Waals surface area contributed by atoms with Crippen molar-refractivity contribution in [2.45, 2.75) is 13.2 Å². The Hall–Kier alpha value is -2.46. The average Bonchev–Trinajstić information content (AvgIpc) is 2.96. The van der Waals surface area contributed by atoms with Gasteiger partial charge in [0.25, 0.3) is 0 Å². The van der Waals surface area contributed by atoms with Crippen molar-refractivity contribution in [3.05, 3.63) is 59.9 Å². The van der Waals surface area contributed by atoms with Gasteiger partial charge in [-0.3, -0.25) is 0 Å². The summed E-state index contributed by atoms with van der Waals surface area (Å²) in [5.74, 6) is 2.28. The van der Waals surface area contributed by atoms with Crippen molar-refractivity contribution < 1.29 is 13.9 Å². The number of methoxy groups -OCH3 is 1. The van der Waals surface area contributed by atoms with Crippen LogP contribution < -0.4 is 15.2 Å². The summed E-state index contributed by atoms with van der Waals surface area (Å²) in [4.78, 5) is 0. The van der Waals surface area contributed by atoms with Crippen LogP contribution in [0.4, 0.5) is 0 Å². The maximum atomic E-state index is 5.78. The molecule has 2 N–H and O–H groups in total. The molecule has 21 heavy (non-hydrogen) atoms. The lowest BCUT2D eigenvalue weighted by atomic mass is 10.1. The minimum Gasteiger partial charge on any atom is -0.497 e. The van der Waals surface area contributed by atoms with Crippen LogP contribution in [0.25, 0.3) is 11.0 Å². The summed E-state index contributed by atoms with van der Waals surface area (Å²) >= 11 is 0. The number of benzene rings is 2. The molecule has 0 fully saturated rings. The maximum Gasteiger partial charge on any atom is 0.146 e. The molecule has 0 saturated heterocycles. The second kappa shape index (κ2) is 5.89.